The Morgan fingerprint density at radius 3 is 2.10 bits per heavy atom. The van der Waals surface area contributed by atoms with E-state index in [9.17, 15) is 14.4 Å². The molecule has 11 heteroatoms. The number of hydrogen-bond acceptors (Lipinski definition) is 9. The third kappa shape index (κ3) is 12.4. The number of rotatable bonds is 12. The maximum absolute atomic E-state index is 12.0. The molecule has 170 valence electrons. The number of halogens is 2. The highest BCUT2D eigenvalue weighted by Gasteiger charge is 2.27. The van der Waals surface area contributed by atoms with Crippen LogP contribution in [0.25, 0.3) is 0 Å². The van der Waals surface area contributed by atoms with Gasteiger partial charge < -0.3 is 31.1 Å². The van der Waals surface area contributed by atoms with Crippen LogP contribution in [0, 0.1) is 0 Å². The van der Waals surface area contributed by atoms with Gasteiger partial charge >= 0.3 is 11.9 Å². The first kappa shape index (κ1) is 28.6. The molecule has 0 aliphatic heterocycles. The van der Waals surface area contributed by atoms with E-state index in [1.165, 1.54) is 0 Å². The Labute approximate surface area is 191 Å². The van der Waals surface area contributed by atoms with Crippen molar-refractivity contribution < 1.29 is 23.9 Å². The van der Waals surface area contributed by atoms with Crippen molar-refractivity contribution in [1.82, 2.24) is 5.32 Å². The van der Waals surface area contributed by atoms with Crippen LogP contribution in [0.15, 0.2) is 29.2 Å². The van der Waals surface area contributed by atoms with Crippen LogP contribution in [0.1, 0.15) is 24.5 Å². The fourth-order valence-electron chi connectivity index (χ4n) is 2.19. The predicted molar refractivity (Wildman–Crippen MR) is 120 cm³/mol. The van der Waals surface area contributed by atoms with E-state index in [2.05, 4.69) is 5.32 Å². The first-order chi connectivity index (χ1) is 14.3. The van der Waals surface area contributed by atoms with Gasteiger partial charge in [-0.1, -0.05) is 35.3 Å². The van der Waals surface area contributed by atoms with E-state index >= 15 is 0 Å². The standard InChI is InChI=1S/C17H27N3O4S.C2H2Cl2O/c1-20-14(11-23-15(21)7-9-18)17(24-16(22)8-10-19)12-3-5-13(25-2)6-4-12;3-2(4)1-5/h3-6,14,17,20H,7-11,18-19H2,1-2H3;1-2H. The Kier molecular flexibility index (Phi) is 16.5. The molecule has 0 spiro atoms. The zero-order chi connectivity index (χ0) is 22.9. The molecule has 0 radical (unpaired) electrons. The summed E-state index contributed by atoms with van der Waals surface area (Å²) in [5, 5.41) is 3.05. The minimum atomic E-state index is -0.852. The third-order valence-electron chi connectivity index (χ3n) is 3.66. The summed E-state index contributed by atoms with van der Waals surface area (Å²) in [6, 6.07) is 7.33. The summed E-state index contributed by atoms with van der Waals surface area (Å²) in [6.45, 7) is 0.515. The highest BCUT2D eigenvalue weighted by atomic mass is 35.5. The molecule has 0 bridgehead atoms. The van der Waals surface area contributed by atoms with E-state index in [0.29, 0.717) is 6.29 Å². The van der Waals surface area contributed by atoms with Crippen LogP contribution >= 0.6 is 35.0 Å². The number of esters is 2. The van der Waals surface area contributed by atoms with E-state index < -0.39 is 16.9 Å². The average molecular weight is 482 g/mol. The number of hydrogen-bond donors (Lipinski definition) is 3. The van der Waals surface area contributed by atoms with Crippen molar-refractivity contribution in [1.29, 1.82) is 0 Å². The molecule has 30 heavy (non-hydrogen) atoms. The number of nitrogens with one attached hydrogen (secondary N) is 1. The quantitative estimate of drug-likeness (QED) is 0.177. The number of aldehydes is 1. The fourth-order valence-corrected chi connectivity index (χ4v) is 2.60. The Bertz CT molecular complexity index is 635. The SMILES string of the molecule is CNC(COC(=O)CCN)C(OC(=O)CCN)c1ccc(SC)cc1.O=CC(Cl)Cl. The zero-order valence-electron chi connectivity index (χ0n) is 17.0. The summed E-state index contributed by atoms with van der Waals surface area (Å²) in [7, 11) is 1.72. The molecule has 8 nitrogen and oxygen atoms in total. The maximum atomic E-state index is 12.0. The number of benzene rings is 1. The largest absolute Gasteiger partial charge is 0.464 e. The van der Waals surface area contributed by atoms with Crippen molar-refractivity contribution in [2.45, 2.75) is 34.7 Å². The Balaban J connectivity index is 0.00000150. The topological polar surface area (TPSA) is 134 Å². The smallest absolute Gasteiger partial charge is 0.307 e. The summed E-state index contributed by atoms with van der Waals surface area (Å²) in [5.74, 6) is -0.775. The molecule has 0 heterocycles. The number of carbonyl (C=O) groups is 3. The summed E-state index contributed by atoms with van der Waals surface area (Å²) in [4.78, 5) is 33.0. The van der Waals surface area contributed by atoms with Crippen LogP contribution in [0.3, 0.4) is 0 Å². The number of alkyl halides is 2. The van der Waals surface area contributed by atoms with Crippen molar-refractivity contribution in [3.63, 3.8) is 0 Å². The second-order valence-corrected chi connectivity index (χ2v) is 7.85. The van der Waals surface area contributed by atoms with E-state index in [0.717, 1.165) is 10.5 Å². The normalized spacial score (nSPS) is 12.4. The van der Waals surface area contributed by atoms with Gasteiger partial charge in [-0.2, -0.15) is 0 Å². The molecule has 2 atom stereocenters. The lowest BCUT2D eigenvalue weighted by atomic mass is 10.0. The number of carbonyl (C=O) groups excluding carboxylic acids is 3. The van der Waals surface area contributed by atoms with Gasteiger partial charge in [0.15, 0.2) is 11.1 Å². The van der Waals surface area contributed by atoms with Gasteiger partial charge in [-0.05, 0) is 31.0 Å². The lowest BCUT2D eigenvalue weighted by Gasteiger charge is -2.27. The molecule has 0 fully saturated rings. The lowest BCUT2D eigenvalue weighted by Crippen LogP contribution is -2.39. The van der Waals surface area contributed by atoms with Gasteiger partial charge in [-0.25, -0.2) is 0 Å². The van der Waals surface area contributed by atoms with Gasteiger partial charge in [-0.15, -0.1) is 11.8 Å². The predicted octanol–water partition coefficient (Wildman–Crippen LogP) is 1.81. The highest BCUT2D eigenvalue weighted by molar-refractivity contribution is 7.98. The van der Waals surface area contributed by atoms with Gasteiger partial charge in [-0.3, -0.25) is 9.59 Å². The van der Waals surface area contributed by atoms with Crippen LogP contribution in [-0.4, -0.2) is 62.1 Å². The number of ether oxygens (including phenoxy) is 2. The highest BCUT2D eigenvalue weighted by Crippen LogP contribution is 2.25. The van der Waals surface area contributed by atoms with Crippen LogP contribution in [-0.2, 0) is 23.9 Å². The van der Waals surface area contributed by atoms with Crippen molar-refractivity contribution in [2.24, 2.45) is 11.5 Å². The first-order valence-electron chi connectivity index (χ1n) is 9.12. The van der Waals surface area contributed by atoms with Gasteiger partial charge in [0.05, 0.1) is 18.9 Å². The Hall–Kier alpha value is -1.36. The number of likely N-dealkylation sites (N-methyl/N-ethyl adjacent to an activating group) is 1. The average Bonchev–Trinajstić information content (AvgIpc) is 2.74. The summed E-state index contributed by atoms with van der Waals surface area (Å²) in [5.41, 5.74) is 11.6. The summed E-state index contributed by atoms with van der Waals surface area (Å²) >= 11 is 11.3. The zero-order valence-corrected chi connectivity index (χ0v) is 19.3. The van der Waals surface area contributed by atoms with E-state index in [4.69, 9.17) is 44.1 Å². The van der Waals surface area contributed by atoms with Crippen LogP contribution in [0.4, 0.5) is 0 Å². The molecule has 0 aromatic heterocycles. The van der Waals surface area contributed by atoms with E-state index in [-0.39, 0.29) is 44.5 Å². The summed E-state index contributed by atoms with van der Waals surface area (Å²) < 4.78 is 10.8. The van der Waals surface area contributed by atoms with Gasteiger partial charge in [0.1, 0.15) is 12.7 Å². The Morgan fingerprint density at radius 2 is 1.67 bits per heavy atom. The molecule has 0 amide bonds. The minimum absolute atomic E-state index is 0.0696. The Morgan fingerprint density at radius 1 is 1.13 bits per heavy atom. The molecule has 5 N–H and O–H groups in total. The van der Waals surface area contributed by atoms with Crippen molar-refractivity contribution in [3.8, 4) is 0 Å². The molecule has 0 saturated carbocycles. The molecule has 0 saturated heterocycles. The second-order valence-electron chi connectivity index (χ2n) is 5.81. The molecule has 0 aliphatic rings. The van der Waals surface area contributed by atoms with Crippen molar-refractivity contribution in [2.75, 3.05) is 33.0 Å². The van der Waals surface area contributed by atoms with Gasteiger partial charge in [0, 0.05) is 18.0 Å². The fraction of sp³-hybridized carbons (Fsp3) is 0.526. The maximum Gasteiger partial charge on any atom is 0.307 e. The monoisotopic (exact) mass is 481 g/mol. The van der Waals surface area contributed by atoms with Crippen molar-refractivity contribution >= 4 is 53.2 Å². The molecule has 0 aliphatic carbocycles. The number of thioether (sulfide) groups is 1. The molecule has 1 aromatic rings. The van der Waals surface area contributed by atoms with E-state index in [1.54, 1.807) is 18.8 Å². The van der Waals surface area contributed by atoms with Gasteiger partial charge in [0.25, 0.3) is 0 Å². The van der Waals surface area contributed by atoms with Crippen LogP contribution < -0.4 is 16.8 Å². The lowest BCUT2D eigenvalue weighted by molar-refractivity contribution is -0.153. The third-order valence-corrected chi connectivity index (χ3v) is 4.61. The van der Waals surface area contributed by atoms with Crippen LogP contribution in [0.5, 0.6) is 0 Å². The van der Waals surface area contributed by atoms with Crippen LogP contribution in [0.2, 0.25) is 0 Å². The first-order valence-corrected chi connectivity index (χ1v) is 11.2. The minimum Gasteiger partial charge on any atom is -0.464 e. The number of nitrogens with two attached hydrogens (primary N) is 2. The van der Waals surface area contributed by atoms with E-state index in [1.807, 2.05) is 30.5 Å². The van der Waals surface area contributed by atoms with Gasteiger partial charge in [0.2, 0.25) is 0 Å². The molecule has 2 unspecified atom stereocenters. The molecular weight excluding hydrogens is 453 g/mol. The molecule has 1 aromatic carbocycles. The van der Waals surface area contributed by atoms with Crippen molar-refractivity contribution in [3.05, 3.63) is 29.8 Å². The summed E-state index contributed by atoms with van der Waals surface area (Å²) in [6.07, 6.45) is 2.12. The molecular formula is C19H29Cl2N3O5S. The second kappa shape index (κ2) is 17.3. The molecule has 1 rings (SSSR count).